The van der Waals surface area contributed by atoms with Gasteiger partial charge in [-0.25, -0.2) is 4.98 Å². The first-order valence-electron chi connectivity index (χ1n) is 7.37. The predicted molar refractivity (Wildman–Crippen MR) is 89.8 cm³/mol. The van der Waals surface area contributed by atoms with E-state index >= 15 is 0 Å². The third kappa shape index (κ3) is 2.56. The average Bonchev–Trinajstić information content (AvgIpc) is 3.35. The second-order valence-electron chi connectivity index (χ2n) is 5.73. The molecule has 0 aliphatic heterocycles. The number of hydrogen-bond donors (Lipinski definition) is 0. The number of aromatic nitrogens is 3. The number of nitrogens with zero attached hydrogens (tertiary/aromatic N) is 4. The summed E-state index contributed by atoms with van der Waals surface area (Å²) in [4.78, 5) is 4.24. The van der Waals surface area contributed by atoms with Gasteiger partial charge in [-0.2, -0.15) is 10.4 Å². The molecule has 0 spiro atoms. The normalized spacial score (nSPS) is 14.1. The minimum Gasteiger partial charge on any atom is -0.257 e. The number of rotatable bonds is 3. The van der Waals surface area contributed by atoms with E-state index < -0.39 is 0 Å². The maximum absolute atomic E-state index is 9.08. The van der Waals surface area contributed by atoms with Crippen LogP contribution in [0.15, 0.2) is 30.5 Å². The Morgan fingerprint density at radius 2 is 2.13 bits per heavy atom. The Balaban J connectivity index is 1.84. The van der Waals surface area contributed by atoms with Crippen molar-refractivity contribution in [3.8, 4) is 6.07 Å². The topological polar surface area (TPSA) is 54.5 Å². The second kappa shape index (κ2) is 5.52. The highest BCUT2D eigenvalue weighted by atomic mass is 35.5. The quantitative estimate of drug-likeness (QED) is 0.702. The molecule has 3 aromatic rings. The van der Waals surface area contributed by atoms with Crippen LogP contribution in [-0.2, 0) is 6.54 Å². The first kappa shape index (κ1) is 14.5. The van der Waals surface area contributed by atoms with Crippen LogP contribution in [0.2, 0.25) is 10.2 Å². The van der Waals surface area contributed by atoms with Crippen molar-refractivity contribution in [3.05, 3.63) is 57.3 Å². The van der Waals surface area contributed by atoms with Crippen LogP contribution in [0.4, 0.5) is 0 Å². The standard InChI is InChI=1S/C17H12Cl2N4/c18-14-3-1-2-12(11-4-5-11)13(14)9-23-15-6-10(7-20)8-21-16(15)17(19)22-23/h1-3,6,8,11H,4-5,9H2. The molecular weight excluding hydrogens is 331 g/mol. The molecule has 1 aliphatic carbocycles. The molecule has 4 rings (SSSR count). The number of pyridine rings is 1. The third-order valence-electron chi connectivity index (χ3n) is 4.16. The minimum absolute atomic E-state index is 0.338. The monoisotopic (exact) mass is 342 g/mol. The maximum atomic E-state index is 9.08. The Morgan fingerprint density at radius 3 is 2.87 bits per heavy atom. The van der Waals surface area contributed by atoms with Gasteiger partial charge in [0.15, 0.2) is 5.15 Å². The molecule has 0 atom stereocenters. The van der Waals surface area contributed by atoms with Gasteiger partial charge in [0, 0.05) is 11.2 Å². The number of fused-ring (bicyclic) bond motifs is 1. The Hall–Kier alpha value is -2.09. The lowest BCUT2D eigenvalue weighted by Gasteiger charge is -2.11. The largest absolute Gasteiger partial charge is 0.257 e. The summed E-state index contributed by atoms with van der Waals surface area (Å²) in [5, 5.41) is 14.5. The van der Waals surface area contributed by atoms with Crippen molar-refractivity contribution in [2.75, 3.05) is 0 Å². The van der Waals surface area contributed by atoms with Gasteiger partial charge in [0.1, 0.15) is 11.6 Å². The van der Waals surface area contributed by atoms with Crippen LogP contribution < -0.4 is 0 Å². The summed E-state index contributed by atoms with van der Waals surface area (Å²) in [6, 6.07) is 9.87. The summed E-state index contributed by atoms with van der Waals surface area (Å²) in [6.45, 7) is 0.519. The van der Waals surface area contributed by atoms with E-state index in [9.17, 15) is 0 Å². The SMILES string of the molecule is N#Cc1cnc2c(Cl)nn(Cc3c(Cl)cccc3C3CC3)c2c1. The van der Waals surface area contributed by atoms with E-state index in [0.717, 1.165) is 16.1 Å². The zero-order chi connectivity index (χ0) is 16.0. The molecule has 0 N–H and O–H groups in total. The van der Waals surface area contributed by atoms with Gasteiger partial charge in [-0.05, 0) is 42.0 Å². The summed E-state index contributed by atoms with van der Waals surface area (Å²) < 4.78 is 1.78. The Bertz CT molecular complexity index is 951. The van der Waals surface area contributed by atoms with Crippen LogP contribution in [0.3, 0.4) is 0 Å². The van der Waals surface area contributed by atoms with Crippen molar-refractivity contribution in [2.45, 2.75) is 25.3 Å². The van der Waals surface area contributed by atoms with E-state index in [2.05, 4.69) is 22.2 Å². The lowest BCUT2D eigenvalue weighted by atomic mass is 10.0. The fraction of sp³-hybridized carbons (Fsp3) is 0.235. The van der Waals surface area contributed by atoms with Crippen molar-refractivity contribution >= 4 is 34.2 Å². The van der Waals surface area contributed by atoms with Crippen LogP contribution in [0.5, 0.6) is 0 Å². The van der Waals surface area contributed by atoms with E-state index in [4.69, 9.17) is 28.5 Å². The zero-order valence-electron chi connectivity index (χ0n) is 12.1. The fourth-order valence-electron chi connectivity index (χ4n) is 2.87. The molecule has 0 amide bonds. The van der Waals surface area contributed by atoms with Crippen LogP contribution in [0.1, 0.15) is 35.4 Å². The molecule has 2 heterocycles. The van der Waals surface area contributed by atoms with Crippen molar-refractivity contribution in [2.24, 2.45) is 0 Å². The highest BCUT2D eigenvalue weighted by Crippen LogP contribution is 2.43. The Kier molecular flexibility index (Phi) is 3.48. The number of halogens is 2. The van der Waals surface area contributed by atoms with Gasteiger partial charge in [-0.15, -0.1) is 0 Å². The average molecular weight is 343 g/mol. The zero-order valence-corrected chi connectivity index (χ0v) is 13.6. The lowest BCUT2D eigenvalue weighted by Crippen LogP contribution is -2.05. The minimum atomic E-state index is 0.338. The summed E-state index contributed by atoms with van der Waals surface area (Å²) >= 11 is 12.6. The highest BCUT2D eigenvalue weighted by molar-refractivity contribution is 6.33. The van der Waals surface area contributed by atoms with Crippen molar-refractivity contribution in [1.29, 1.82) is 5.26 Å². The molecular formula is C17H12Cl2N4. The molecule has 114 valence electrons. The van der Waals surface area contributed by atoms with Crippen molar-refractivity contribution in [1.82, 2.24) is 14.8 Å². The summed E-state index contributed by atoms with van der Waals surface area (Å²) in [7, 11) is 0. The maximum Gasteiger partial charge on any atom is 0.177 e. The molecule has 0 unspecified atom stereocenters. The molecule has 4 nitrogen and oxygen atoms in total. The summed E-state index contributed by atoms with van der Waals surface area (Å²) in [5.74, 6) is 0.591. The van der Waals surface area contributed by atoms with E-state index in [0.29, 0.717) is 28.7 Å². The second-order valence-corrected chi connectivity index (χ2v) is 6.50. The van der Waals surface area contributed by atoms with Crippen LogP contribution in [0.25, 0.3) is 11.0 Å². The van der Waals surface area contributed by atoms with E-state index in [1.54, 1.807) is 10.7 Å². The lowest BCUT2D eigenvalue weighted by molar-refractivity contribution is 0.706. The summed E-state index contributed by atoms with van der Waals surface area (Å²) in [5.41, 5.74) is 4.18. The molecule has 1 aliphatic rings. The van der Waals surface area contributed by atoms with Gasteiger partial charge in [-0.1, -0.05) is 35.3 Å². The van der Waals surface area contributed by atoms with Gasteiger partial charge in [-0.3, -0.25) is 4.68 Å². The van der Waals surface area contributed by atoms with Gasteiger partial charge >= 0.3 is 0 Å². The van der Waals surface area contributed by atoms with Crippen molar-refractivity contribution < 1.29 is 0 Å². The summed E-state index contributed by atoms with van der Waals surface area (Å²) in [6.07, 6.45) is 3.91. The molecule has 23 heavy (non-hydrogen) atoms. The van der Waals surface area contributed by atoms with Gasteiger partial charge in [0.25, 0.3) is 0 Å². The number of nitriles is 1. The first-order valence-corrected chi connectivity index (χ1v) is 8.12. The van der Waals surface area contributed by atoms with Crippen molar-refractivity contribution in [3.63, 3.8) is 0 Å². The van der Waals surface area contributed by atoms with E-state index in [1.807, 2.05) is 12.1 Å². The number of hydrogen-bond acceptors (Lipinski definition) is 3. The van der Waals surface area contributed by atoms with E-state index in [1.165, 1.54) is 24.6 Å². The van der Waals surface area contributed by atoms with Gasteiger partial charge in [0.2, 0.25) is 0 Å². The molecule has 1 saturated carbocycles. The molecule has 1 aromatic carbocycles. The predicted octanol–water partition coefficient (Wildman–Crippen LogP) is 4.54. The molecule has 2 aromatic heterocycles. The van der Waals surface area contributed by atoms with E-state index in [-0.39, 0.29) is 0 Å². The van der Waals surface area contributed by atoms with Crippen LogP contribution in [0, 0.1) is 11.3 Å². The van der Waals surface area contributed by atoms with Gasteiger partial charge < -0.3 is 0 Å². The first-order chi connectivity index (χ1) is 11.2. The van der Waals surface area contributed by atoms with Crippen LogP contribution in [-0.4, -0.2) is 14.8 Å². The number of benzene rings is 1. The molecule has 6 heteroatoms. The molecule has 0 radical (unpaired) electrons. The molecule has 0 saturated heterocycles. The fourth-order valence-corrected chi connectivity index (χ4v) is 3.34. The van der Waals surface area contributed by atoms with Crippen LogP contribution >= 0.6 is 23.2 Å². The smallest absolute Gasteiger partial charge is 0.177 e. The molecule has 0 bridgehead atoms. The highest BCUT2D eigenvalue weighted by Gasteiger charge is 2.27. The Labute approximate surface area is 143 Å². The molecule has 1 fully saturated rings. The third-order valence-corrected chi connectivity index (χ3v) is 4.77. The van der Waals surface area contributed by atoms with Gasteiger partial charge in [0.05, 0.1) is 17.6 Å². The Morgan fingerprint density at radius 1 is 1.30 bits per heavy atom.